The minimum absolute atomic E-state index is 0.494. The molecule has 0 aliphatic heterocycles. The van der Waals surface area contributed by atoms with Crippen LogP contribution in [0.15, 0.2) is 23.5 Å². The first kappa shape index (κ1) is 15.8. The molecular weight excluding hydrogens is 308 g/mol. The molecule has 6 nitrogen and oxygen atoms in total. The highest BCUT2D eigenvalue weighted by molar-refractivity contribution is 7.16. The SMILES string of the molecule is CCNC(=NCc1ncnn1C)N(C)Cc1ccc(Cl)s1. The highest BCUT2D eigenvalue weighted by atomic mass is 35.5. The van der Waals surface area contributed by atoms with Crippen LogP contribution in [0.5, 0.6) is 0 Å². The van der Waals surface area contributed by atoms with Crippen molar-refractivity contribution in [2.75, 3.05) is 13.6 Å². The fourth-order valence-corrected chi connectivity index (χ4v) is 2.97. The minimum Gasteiger partial charge on any atom is -0.357 e. The highest BCUT2D eigenvalue weighted by Crippen LogP contribution is 2.22. The van der Waals surface area contributed by atoms with E-state index in [0.717, 1.165) is 29.2 Å². The maximum absolute atomic E-state index is 5.97. The number of nitrogens with one attached hydrogen (secondary N) is 1. The van der Waals surface area contributed by atoms with Gasteiger partial charge in [-0.25, -0.2) is 9.98 Å². The molecule has 0 amide bonds. The van der Waals surface area contributed by atoms with Crippen LogP contribution in [0.4, 0.5) is 0 Å². The highest BCUT2D eigenvalue weighted by Gasteiger charge is 2.09. The molecule has 0 radical (unpaired) electrons. The number of nitrogens with zero attached hydrogens (tertiary/aromatic N) is 5. The summed E-state index contributed by atoms with van der Waals surface area (Å²) in [5.74, 6) is 1.67. The standard InChI is InChI=1S/C13H19ClN6S/c1-4-15-13(16-7-12-17-9-18-20(12)3)19(2)8-10-5-6-11(14)21-10/h5-6,9H,4,7-8H2,1-3H3,(H,15,16). The topological polar surface area (TPSA) is 58.3 Å². The predicted octanol–water partition coefficient (Wildman–Crippen LogP) is 2.13. The Bertz CT molecular complexity index is 605. The molecule has 2 rings (SSSR count). The molecular formula is C13H19ClN6S. The van der Waals surface area contributed by atoms with Crippen molar-refractivity contribution in [1.29, 1.82) is 0 Å². The first-order valence-corrected chi connectivity index (χ1v) is 7.86. The first-order chi connectivity index (χ1) is 10.1. The van der Waals surface area contributed by atoms with Gasteiger partial charge in [0.15, 0.2) is 5.96 Å². The van der Waals surface area contributed by atoms with Crippen molar-refractivity contribution in [3.63, 3.8) is 0 Å². The van der Waals surface area contributed by atoms with Crippen LogP contribution in [0, 0.1) is 0 Å². The van der Waals surface area contributed by atoms with Crippen molar-refractivity contribution >= 4 is 28.9 Å². The summed E-state index contributed by atoms with van der Waals surface area (Å²) in [5.41, 5.74) is 0. The molecule has 0 saturated carbocycles. The zero-order chi connectivity index (χ0) is 15.2. The van der Waals surface area contributed by atoms with E-state index < -0.39 is 0 Å². The van der Waals surface area contributed by atoms with Crippen molar-refractivity contribution in [1.82, 2.24) is 25.0 Å². The lowest BCUT2D eigenvalue weighted by atomic mass is 10.4. The molecule has 21 heavy (non-hydrogen) atoms. The van der Waals surface area contributed by atoms with Crippen molar-refractivity contribution in [3.8, 4) is 0 Å². The van der Waals surface area contributed by atoms with Crippen molar-refractivity contribution in [3.05, 3.63) is 33.5 Å². The monoisotopic (exact) mass is 326 g/mol. The number of aromatic nitrogens is 3. The summed E-state index contributed by atoms with van der Waals surface area (Å²) in [5, 5.41) is 7.33. The molecule has 2 aromatic rings. The molecule has 0 unspecified atom stereocenters. The molecule has 0 atom stereocenters. The molecule has 0 aromatic carbocycles. The van der Waals surface area contributed by atoms with Crippen LogP contribution in [0.2, 0.25) is 4.34 Å². The number of halogens is 1. The Labute approximate surface area is 133 Å². The van der Waals surface area contributed by atoms with Gasteiger partial charge in [0.1, 0.15) is 18.7 Å². The molecule has 0 bridgehead atoms. The summed E-state index contributed by atoms with van der Waals surface area (Å²) in [7, 11) is 3.87. The van der Waals surface area contributed by atoms with Gasteiger partial charge in [-0.1, -0.05) is 11.6 Å². The number of aliphatic imine (C=N–C) groups is 1. The number of rotatable bonds is 5. The summed E-state index contributed by atoms with van der Waals surface area (Å²) in [6, 6.07) is 3.95. The van der Waals surface area contributed by atoms with E-state index in [1.807, 2.05) is 33.2 Å². The quantitative estimate of drug-likeness (QED) is 0.675. The van der Waals surface area contributed by atoms with Crippen molar-refractivity contribution in [2.24, 2.45) is 12.0 Å². The maximum Gasteiger partial charge on any atom is 0.194 e. The summed E-state index contributed by atoms with van der Waals surface area (Å²) in [4.78, 5) is 12.0. The third-order valence-corrected chi connectivity index (χ3v) is 4.11. The third kappa shape index (κ3) is 4.44. The molecule has 114 valence electrons. The van der Waals surface area contributed by atoms with Crippen LogP contribution >= 0.6 is 22.9 Å². The molecule has 0 spiro atoms. The molecule has 0 aliphatic rings. The van der Waals surface area contributed by atoms with E-state index >= 15 is 0 Å². The van der Waals surface area contributed by atoms with Crippen molar-refractivity contribution < 1.29 is 0 Å². The molecule has 2 aromatic heterocycles. The van der Waals surface area contributed by atoms with Gasteiger partial charge < -0.3 is 10.2 Å². The fraction of sp³-hybridized carbons (Fsp3) is 0.462. The van der Waals surface area contributed by atoms with Gasteiger partial charge in [0.2, 0.25) is 0 Å². The van der Waals surface area contributed by atoms with E-state index in [1.165, 1.54) is 11.2 Å². The van der Waals surface area contributed by atoms with Crippen LogP contribution in [0.1, 0.15) is 17.6 Å². The molecule has 0 aliphatic carbocycles. The van der Waals surface area contributed by atoms with Gasteiger partial charge in [0, 0.05) is 25.5 Å². The second-order valence-corrected chi connectivity index (χ2v) is 6.33. The van der Waals surface area contributed by atoms with Gasteiger partial charge >= 0.3 is 0 Å². The Morgan fingerprint density at radius 1 is 1.52 bits per heavy atom. The molecule has 2 heterocycles. The Morgan fingerprint density at radius 2 is 2.33 bits per heavy atom. The van der Waals surface area contributed by atoms with E-state index in [-0.39, 0.29) is 0 Å². The van der Waals surface area contributed by atoms with Gasteiger partial charge in [0.05, 0.1) is 10.9 Å². The van der Waals surface area contributed by atoms with Crippen molar-refractivity contribution in [2.45, 2.75) is 20.0 Å². The van der Waals surface area contributed by atoms with Crippen LogP contribution in [-0.2, 0) is 20.1 Å². The summed E-state index contributed by atoms with van der Waals surface area (Å²) in [6.07, 6.45) is 1.54. The average molecular weight is 327 g/mol. The van der Waals surface area contributed by atoms with Gasteiger partial charge in [0.25, 0.3) is 0 Å². The van der Waals surface area contributed by atoms with E-state index in [1.54, 1.807) is 16.0 Å². The lowest BCUT2D eigenvalue weighted by molar-refractivity contribution is 0.480. The molecule has 0 saturated heterocycles. The number of aryl methyl sites for hydroxylation is 1. The second kappa shape index (κ2) is 7.42. The Kier molecular flexibility index (Phi) is 5.58. The predicted molar refractivity (Wildman–Crippen MR) is 86.6 cm³/mol. The van der Waals surface area contributed by atoms with E-state index in [0.29, 0.717) is 6.54 Å². The summed E-state index contributed by atoms with van der Waals surface area (Å²) >= 11 is 7.55. The van der Waals surface area contributed by atoms with Gasteiger partial charge in [-0.05, 0) is 19.1 Å². The number of hydrogen-bond donors (Lipinski definition) is 1. The second-order valence-electron chi connectivity index (χ2n) is 4.53. The third-order valence-electron chi connectivity index (χ3n) is 2.89. The van der Waals surface area contributed by atoms with Gasteiger partial charge in [-0.3, -0.25) is 4.68 Å². The van der Waals surface area contributed by atoms with Crippen LogP contribution in [0.3, 0.4) is 0 Å². The molecule has 8 heteroatoms. The minimum atomic E-state index is 0.494. The average Bonchev–Trinajstić information content (AvgIpc) is 3.03. The Morgan fingerprint density at radius 3 is 2.90 bits per heavy atom. The summed E-state index contributed by atoms with van der Waals surface area (Å²) in [6.45, 7) is 4.12. The van der Waals surface area contributed by atoms with E-state index in [9.17, 15) is 0 Å². The largest absolute Gasteiger partial charge is 0.357 e. The first-order valence-electron chi connectivity index (χ1n) is 6.66. The Hall–Kier alpha value is -1.60. The normalized spacial score (nSPS) is 11.7. The van der Waals surface area contributed by atoms with E-state index in [4.69, 9.17) is 11.6 Å². The van der Waals surface area contributed by atoms with E-state index in [2.05, 4.69) is 25.3 Å². The fourth-order valence-electron chi connectivity index (χ4n) is 1.82. The van der Waals surface area contributed by atoms with Gasteiger partial charge in [-0.2, -0.15) is 5.10 Å². The molecule has 1 N–H and O–H groups in total. The number of thiophene rings is 1. The zero-order valence-electron chi connectivity index (χ0n) is 12.4. The van der Waals surface area contributed by atoms with Gasteiger partial charge in [-0.15, -0.1) is 11.3 Å². The Balaban J connectivity index is 2.04. The van der Waals surface area contributed by atoms with Crippen LogP contribution in [0.25, 0.3) is 0 Å². The zero-order valence-corrected chi connectivity index (χ0v) is 13.9. The molecule has 0 fully saturated rings. The number of hydrogen-bond acceptors (Lipinski definition) is 4. The lowest BCUT2D eigenvalue weighted by Crippen LogP contribution is -2.38. The smallest absolute Gasteiger partial charge is 0.194 e. The summed E-state index contributed by atoms with van der Waals surface area (Å²) < 4.78 is 2.53. The van der Waals surface area contributed by atoms with Crippen LogP contribution < -0.4 is 5.32 Å². The lowest BCUT2D eigenvalue weighted by Gasteiger charge is -2.21. The van der Waals surface area contributed by atoms with Crippen LogP contribution in [-0.4, -0.2) is 39.2 Å². The maximum atomic E-state index is 5.97. The number of guanidine groups is 1.